The van der Waals surface area contributed by atoms with E-state index in [0.717, 1.165) is 10.6 Å². The molecule has 2 N–H and O–H groups in total. The molecule has 90 valence electrons. The van der Waals surface area contributed by atoms with Gasteiger partial charge in [-0.15, -0.1) is 0 Å². The average Bonchev–Trinajstić information content (AvgIpc) is 2.26. The summed E-state index contributed by atoms with van der Waals surface area (Å²) in [5, 5.41) is 13.3. The quantitative estimate of drug-likeness (QED) is 0.831. The number of rotatable bonds is 5. The maximum atomic E-state index is 9.09. The van der Waals surface area contributed by atoms with Gasteiger partial charge in [-0.2, -0.15) is 0 Å². The Morgan fingerprint density at radius 2 is 1.88 bits per heavy atom. The molecular formula is C13H20ClNO. The van der Waals surface area contributed by atoms with E-state index >= 15 is 0 Å². The van der Waals surface area contributed by atoms with Gasteiger partial charge in [0.1, 0.15) is 0 Å². The van der Waals surface area contributed by atoms with Crippen LogP contribution in [0.5, 0.6) is 0 Å². The summed E-state index contributed by atoms with van der Waals surface area (Å²) >= 11 is 6.19. The first-order chi connectivity index (χ1) is 7.56. The maximum Gasteiger partial charge on any atom is 0.0582 e. The number of hydrogen-bond donors (Lipinski definition) is 2. The molecule has 0 saturated carbocycles. The van der Waals surface area contributed by atoms with E-state index in [-0.39, 0.29) is 18.7 Å². The predicted octanol–water partition coefficient (Wildman–Crippen LogP) is 3.01. The van der Waals surface area contributed by atoms with Crippen LogP contribution in [0.2, 0.25) is 5.02 Å². The van der Waals surface area contributed by atoms with Gasteiger partial charge in [0.2, 0.25) is 0 Å². The summed E-state index contributed by atoms with van der Waals surface area (Å²) in [5.74, 6) is 0.425. The number of aliphatic hydroxyl groups is 1. The molecular weight excluding hydrogens is 222 g/mol. The molecule has 0 spiro atoms. The minimum atomic E-state index is 0.0728. The van der Waals surface area contributed by atoms with Crippen molar-refractivity contribution in [3.63, 3.8) is 0 Å². The first-order valence-corrected chi connectivity index (χ1v) is 6.05. The number of nitrogens with one attached hydrogen (secondary N) is 1. The number of hydrogen-bond acceptors (Lipinski definition) is 2. The molecule has 2 nitrogen and oxygen atoms in total. The summed E-state index contributed by atoms with van der Waals surface area (Å²) < 4.78 is 0. The summed E-state index contributed by atoms with van der Waals surface area (Å²) in [7, 11) is 0. The summed E-state index contributed by atoms with van der Waals surface area (Å²) in [5.41, 5.74) is 1.10. The summed E-state index contributed by atoms with van der Waals surface area (Å²) in [6.07, 6.45) is 0. The maximum absolute atomic E-state index is 9.09. The zero-order valence-corrected chi connectivity index (χ0v) is 10.8. The van der Waals surface area contributed by atoms with Crippen molar-refractivity contribution in [1.29, 1.82) is 0 Å². The lowest BCUT2D eigenvalue weighted by atomic mass is 9.95. The third kappa shape index (κ3) is 3.48. The highest BCUT2D eigenvalue weighted by Gasteiger charge is 2.19. The standard InChI is InChI=1S/C13H20ClNO/c1-9(2)13(15-10(3)8-16)11-6-4-5-7-12(11)14/h4-7,9-10,13,15-16H,8H2,1-3H3/t10-,13?/m1/s1. The second kappa shape index (κ2) is 6.24. The van der Waals surface area contributed by atoms with Crippen LogP contribution in [0.3, 0.4) is 0 Å². The van der Waals surface area contributed by atoms with E-state index < -0.39 is 0 Å². The number of benzene rings is 1. The molecule has 0 aliphatic heterocycles. The average molecular weight is 242 g/mol. The van der Waals surface area contributed by atoms with Crippen LogP contribution in [0, 0.1) is 5.92 Å². The van der Waals surface area contributed by atoms with Crippen molar-refractivity contribution in [3.8, 4) is 0 Å². The van der Waals surface area contributed by atoms with Crippen LogP contribution >= 0.6 is 11.6 Å². The Morgan fingerprint density at radius 3 is 2.38 bits per heavy atom. The van der Waals surface area contributed by atoms with E-state index in [9.17, 15) is 0 Å². The molecule has 0 radical (unpaired) electrons. The highest BCUT2D eigenvalue weighted by Crippen LogP contribution is 2.28. The first-order valence-electron chi connectivity index (χ1n) is 5.67. The largest absolute Gasteiger partial charge is 0.395 e. The highest BCUT2D eigenvalue weighted by molar-refractivity contribution is 6.31. The van der Waals surface area contributed by atoms with Crippen LogP contribution in [0.1, 0.15) is 32.4 Å². The molecule has 16 heavy (non-hydrogen) atoms. The van der Waals surface area contributed by atoms with Gasteiger partial charge >= 0.3 is 0 Å². The molecule has 0 bridgehead atoms. The zero-order valence-electron chi connectivity index (χ0n) is 10.1. The van der Waals surface area contributed by atoms with Gasteiger partial charge in [-0.1, -0.05) is 43.6 Å². The van der Waals surface area contributed by atoms with Gasteiger partial charge < -0.3 is 10.4 Å². The Bertz CT molecular complexity index is 327. The zero-order chi connectivity index (χ0) is 12.1. The molecule has 0 aromatic heterocycles. The molecule has 0 amide bonds. The third-order valence-electron chi connectivity index (χ3n) is 2.64. The molecule has 1 aromatic rings. The topological polar surface area (TPSA) is 32.3 Å². The normalized spacial score (nSPS) is 15.1. The summed E-state index contributed by atoms with van der Waals surface area (Å²) in [6.45, 7) is 6.38. The van der Waals surface area contributed by atoms with Gasteiger partial charge in [0.05, 0.1) is 6.61 Å². The van der Waals surface area contributed by atoms with E-state index in [0.29, 0.717) is 5.92 Å². The fourth-order valence-corrected chi connectivity index (χ4v) is 1.98. The highest BCUT2D eigenvalue weighted by atomic mass is 35.5. The fraction of sp³-hybridized carbons (Fsp3) is 0.538. The van der Waals surface area contributed by atoms with E-state index in [1.165, 1.54) is 0 Å². The Labute approximate surface area is 103 Å². The lowest BCUT2D eigenvalue weighted by Crippen LogP contribution is -2.35. The second-order valence-corrected chi connectivity index (χ2v) is 4.90. The number of aliphatic hydroxyl groups excluding tert-OH is 1. The van der Waals surface area contributed by atoms with Gasteiger partial charge in [0.15, 0.2) is 0 Å². The third-order valence-corrected chi connectivity index (χ3v) is 2.99. The molecule has 0 aliphatic carbocycles. The Kier molecular flexibility index (Phi) is 5.26. The van der Waals surface area contributed by atoms with Crippen LogP contribution in [0.15, 0.2) is 24.3 Å². The second-order valence-electron chi connectivity index (χ2n) is 4.49. The van der Waals surface area contributed by atoms with Crippen molar-refractivity contribution in [1.82, 2.24) is 5.32 Å². The van der Waals surface area contributed by atoms with Crippen molar-refractivity contribution in [3.05, 3.63) is 34.9 Å². The molecule has 0 saturated heterocycles. The molecule has 3 heteroatoms. The molecule has 1 rings (SSSR count). The van der Waals surface area contributed by atoms with Gasteiger partial charge in [-0.3, -0.25) is 0 Å². The van der Waals surface area contributed by atoms with E-state index in [1.807, 2.05) is 31.2 Å². The minimum absolute atomic E-state index is 0.0728. The lowest BCUT2D eigenvalue weighted by molar-refractivity contribution is 0.229. The molecule has 2 atom stereocenters. The Morgan fingerprint density at radius 1 is 1.25 bits per heavy atom. The molecule has 0 aliphatic rings. The van der Waals surface area contributed by atoms with Crippen molar-refractivity contribution >= 4 is 11.6 Å². The van der Waals surface area contributed by atoms with Crippen molar-refractivity contribution in [2.75, 3.05) is 6.61 Å². The summed E-state index contributed by atoms with van der Waals surface area (Å²) in [4.78, 5) is 0. The molecule has 0 fully saturated rings. The number of halogens is 1. The predicted molar refractivity (Wildman–Crippen MR) is 68.7 cm³/mol. The van der Waals surface area contributed by atoms with Crippen molar-refractivity contribution < 1.29 is 5.11 Å². The lowest BCUT2D eigenvalue weighted by Gasteiger charge is -2.26. The first kappa shape index (κ1) is 13.5. The molecule has 1 unspecified atom stereocenters. The van der Waals surface area contributed by atoms with Crippen LogP contribution in [0.25, 0.3) is 0 Å². The summed E-state index contributed by atoms with van der Waals surface area (Å²) in [6, 6.07) is 8.10. The van der Waals surface area contributed by atoms with Gasteiger partial charge in [0, 0.05) is 17.1 Å². The Hall–Kier alpha value is -0.570. The monoisotopic (exact) mass is 241 g/mol. The molecule has 0 heterocycles. The smallest absolute Gasteiger partial charge is 0.0582 e. The van der Waals surface area contributed by atoms with Gasteiger partial charge in [0.25, 0.3) is 0 Å². The van der Waals surface area contributed by atoms with E-state index in [2.05, 4.69) is 19.2 Å². The van der Waals surface area contributed by atoms with Crippen LogP contribution in [-0.4, -0.2) is 17.8 Å². The van der Waals surface area contributed by atoms with Crippen molar-refractivity contribution in [2.24, 2.45) is 5.92 Å². The van der Waals surface area contributed by atoms with Crippen molar-refractivity contribution in [2.45, 2.75) is 32.9 Å². The molecule has 1 aromatic carbocycles. The fourth-order valence-electron chi connectivity index (χ4n) is 1.73. The Balaban J connectivity index is 2.90. The van der Waals surface area contributed by atoms with Gasteiger partial charge in [-0.25, -0.2) is 0 Å². The van der Waals surface area contributed by atoms with Crippen LogP contribution in [0.4, 0.5) is 0 Å². The van der Waals surface area contributed by atoms with Gasteiger partial charge in [-0.05, 0) is 24.5 Å². The SMILES string of the molecule is CC(C)C(N[C@H](C)CO)c1ccccc1Cl. The van der Waals surface area contributed by atoms with E-state index in [4.69, 9.17) is 16.7 Å². The minimum Gasteiger partial charge on any atom is -0.395 e. The van der Waals surface area contributed by atoms with Crippen LogP contribution in [-0.2, 0) is 0 Å². The van der Waals surface area contributed by atoms with Crippen LogP contribution < -0.4 is 5.32 Å². The van der Waals surface area contributed by atoms with E-state index in [1.54, 1.807) is 0 Å².